The SMILES string of the molecule is O=C1C[C@@H](c2ccccc2)CC2=C1C(c1ccc(OCC[NH+]3CCOCC3)cc1)C1=C(C[C@@H](c3ccccc3)CC1=O)O2. The highest BCUT2D eigenvalue weighted by Crippen LogP contribution is 2.52. The minimum Gasteiger partial charge on any atom is -0.488 e. The van der Waals surface area contributed by atoms with Gasteiger partial charge >= 0.3 is 0 Å². The number of ether oxygens (including phenoxy) is 3. The minimum atomic E-state index is -0.418. The number of quaternary nitrogens is 1. The van der Waals surface area contributed by atoms with E-state index in [0.717, 1.165) is 66.8 Å². The quantitative estimate of drug-likeness (QED) is 0.434. The summed E-state index contributed by atoms with van der Waals surface area (Å²) in [6.45, 7) is 5.21. The number of benzene rings is 3. The summed E-state index contributed by atoms with van der Waals surface area (Å²) >= 11 is 0. The van der Waals surface area contributed by atoms with Crippen LogP contribution < -0.4 is 9.64 Å². The standard InChI is InChI=1S/C37H37NO5/c39-31-21-28(25-7-3-1-4-8-25)23-33-36(31)35(27-11-13-30(14-12-27)42-20-17-38-15-18-41-19-16-38)37-32(40)22-29(24-34(37)43-33)26-9-5-2-6-10-26/h1-14,28-29,35H,15-24H2/p+1/t28-,29+,35?. The molecule has 3 atom stereocenters. The van der Waals surface area contributed by atoms with Crippen LogP contribution in [0.25, 0.3) is 0 Å². The van der Waals surface area contributed by atoms with Crippen molar-refractivity contribution in [2.75, 3.05) is 39.5 Å². The van der Waals surface area contributed by atoms with E-state index in [1.165, 1.54) is 4.90 Å². The van der Waals surface area contributed by atoms with Gasteiger partial charge in [0.05, 0.1) is 13.2 Å². The maximum atomic E-state index is 13.9. The third-order valence-electron chi connectivity index (χ3n) is 9.43. The second-order valence-corrected chi connectivity index (χ2v) is 12.1. The minimum absolute atomic E-state index is 0.0591. The first-order valence-electron chi connectivity index (χ1n) is 15.6. The van der Waals surface area contributed by atoms with Crippen LogP contribution in [-0.4, -0.2) is 51.0 Å². The zero-order chi connectivity index (χ0) is 29.2. The van der Waals surface area contributed by atoms with Gasteiger partial charge in [-0.25, -0.2) is 0 Å². The lowest BCUT2D eigenvalue weighted by molar-refractivity contribution is -0.908. The molecular weight excluding hydrogens is 538 g/mol. The van der Waals surface area contributed by atoms with Gasteiger partial charge in [-0.05, 0) is 40.7 Å². The lowest BCUT2D eigenvalue weighted by Gasteiger charge is -2.39. The first-order chi connectivity index (χ1) is 21.1. The fourth-order valence-corrected chi connectivity index (χ4v) is 7.16. The molecule has 0 bridgehead atoms. The average Bonchev–Trinajstić information content (AvgIpc) is 3.05. The van der Waals surface area contributed by atoms with Gasteiger partial charge in [-0.1, -0.05) is 72.8 Å². The Morgan fingerprint density at radius 3 is 1.72 bits per heavy atom. The molecule has 0 radical (unpaired) electrons. The van der Waals surface area contributed by atoms with E-state index in [2.05, 4.69) is 24.3 Å². The van der Waals surface area contributed by atoms with Crippen molar-refractivity contribution in [3.63, 3.8) is 0 Å². The molecule has 0 amide bonds. The molecule has 1 N–H and O–H groups in total. The summed E-state index contributed by atoms with van der Waals surface area (Å²) in [6.07, 6.45) is 2.12. The molecule has 2 aliphatic heterocycles. The Labute approximate surface area is 253 Å². The number of morpholine rings is 1. The number of carbonyl (C=O) groups excluding carboxylic acids is 2. The van der Waals surface area contributed by atoms with Gasteiger partial charge in [0, 0.05) is 42.7 Å². The van der Waals surface area contributed by atoms with Crippen LogP contribution in [0.4, 0.5) is 0 Å². The Hall–Kier alpha value is -4.00. The molecule has 220 valence electrons. The summed E-state index contributed by atoms with van der Waals surface area (Å²) in [4.78, 5) is 29.3. The molecule has 4 aliphatic rings. The van der Waals surface area contributed by atoms with Crippen molar-refractivity contribution in [1.29, 1.82) is 0 Å². The van der Waals surface area contributed by atoms with Crippen LogP contribution in [0.5, 0.6) is 5.75 Å². The summed E-state index contributed by atoms with van der Waals surface area (Å²) in [5.74, 6) is 2.09. The van der Waals surface area contributed by atoms with Gasteiger partial charge in [0.2, 0.25) is 0 Å². The van der Waals surface area contributed by atoms with E-state index in [9.17, 15) is 9.59 Å². The smallest absolute Gasteiger partial charge is 0.163 e. The van der Waals surface area contributed by atoms with E-state index in [1.54, 1.807) is 0 Å². The third-order valence-corrected chi connectivity index (χ3v) is 9.43. The summed E-state index contributed by atoms with van der Waals surface area (Å²) < 4.78 is 18.2. The summed E-state index contributed by atoms with van der Waals surface area (Å²) in [5.41, 5.74) is 4.53. The second kappa shape index (κ2) is 12.3. The fraction of sp³-hybridized carbons (Fsp3) is 0.351. The topological polar surface area (TPSA) is 66.3 Å². The molecule has 0 spiro atoms. The molecule has 43 heavy (non-hydrogen) atoms. The number of carbonyl (C=O) groups is 2. The number of allylic oxidation sites excluding steroid dienone is 4. The van der Waals surface area contributed by atoms with Crippen LogP contribution in [-0.2, 0) is 19.1 Å². The van der Waals surface area contributed by atoms with E-state index in [4.69, 9.17) is 14.2 Å². The lowest BCUT2D eigenvalue weighted by Crippen LogP contribution is -3.14. The molecule has 2 aliphatic carbocycles. The summed E-state index contributed by atoms with van der Waals surface area (Å²) in [6, 6.07) is 28.4. The maximum absolute atomic E-state index is 13.9. The van der Waals surface area contributed by atoms with Crippen LogP contribution in [0.3, 0.4) is 0 Å². The molecule has 0 saturated carbocycles. The Balaban J connectivity index is 1.19. The average molecular weight is 577 g/mol. The molecule has 6 heteroatoms. The number of Topliss-reactive ketones (excluding diaryl/α,β-unsaturated/α-hetero) is 2. The first-order valence-corrected chi connectivity index (χ1v) is 15.6. The normalized spacial score (nSPS) is 24.3. The third kappa shape index (κ3) is 5.82. The molecule has 3 aromatic carbocycles. The molecule has 7 rings (SSSR count). The first kappa shape index (κ1) is 27.8. The van der Waals surface area contributed by atoms with Crippen molar-refractivity contribution < 1.29 is 28.7 Å². The number of rotatable bonds is 7. The number of hydrogen-bond donors (Lipinski definition) is 1. The Morgan fingerprint density at radius 2 is 1.19 bits per heavy atom. The highest BCUT2D eigenvalue weighted by Gasteiger charge is 2.45. The molecular formula is C37H38NO5+. The van der Waals surface area contributed by atoms with Crippen LogP contribution in [0, 0.1) is 0 Å². The Kier molecular flexibility index (Phi) is 7.96. The highest BCUT2D eigenvalue weighted by atomic mass is 16.5. The second-order valence-electron chi connectivity index (χ2n) is 12.1. The summed E-state index contributed by atoms with van der Waals surface area (Å²) in [7, 11) is 0. The van der Waals surface area contributed by atoms with Crippen molar-refractivity contribution in [1.82, 2.24) is 0 Å². The van der Waals surface area contributed by atoms with Crippen molar-refractivity contribution in [2.24, 2.45) is 0 Å². The fourth-order valence-electron chi connectivity index (χ4n) is 7.16. The van der Waals surface area contributed by atoms with Crippen molar-refractivity contribution >= 4 is 11.6 Å². The van der Waals surface area contributed by atoms with Gasteiger partial charge in [-0.15, -0.1) is 0 Å². The van der Waals surface area contributed by atoms with Gasteiger partial charge in [-0.3, -0.25) is 9.59 Å². The van der Waals surface area contributed by atoms with E-state index in [-0.39, 0.29) is 23.4 Å². The number of nitrogens with one attached hydrogen (secondary N) is 1. The van der Waals surface area contributed by atoms with Crippen LogP contribution in [0.15, 0.2) is 108 Å². The molecule has 1 unspecified atom stereocenters. The molecule has 2 heterocycles. The van der Waals surface area contributed by atoms with Crippen LogP contribution >= 0.6 is 0 Å². The molecule has 0 aromatic heterocycles. The van der Waals surface area contributed by atoms with Gasteiger partial charge in [0.15, 0.2) is 11.6 Å². The predicted molar refractivity (Wildman–Crippen MR) is 163 cm³/mol. The van der Waals surface area contributed by atoms with Crippen molar-refractivity contribution in [3.8, 4) is 5.75 Å². The monoisotopic (exact) mass is 576 g/mol. The summed E-state index contributed by atoms with van der Waals surface area (Å²) in [5, 5.41) is 0. The molecule has 6 nitrogen and oxygen atoms in total. The number of ketones is 2. The van der Waals surface area contributed by atoms with E-state index in [1.807, 2.05) is 60.7 Å². The Morgan fingerprint density at radius 1 is 0.651 bits per heavy atom. The molecule has 1 saturated heterocycles. The zero-order valence-corrected chi connectivity index (χ0v) is 24.4. The van der Waals surface area contributed by atoms with Gasteiger partial charge in [-0.2, -0.15) is 0 Å². The molecule has 3 aromatic rings. The van der Waals surface area contributed by atoms with E-state index in [0.29, 0.717) is 43.4 Å². The largest absolute Gasteiger partial charge is 0.488 e. The van der Waals surface area contributed by atoms with Crippen LogP contribution in [0.1, 0.15) is 60.1 Å². The predicted octanol–water partition coefficient (Wildman–Crippen LogP) is 4.90. The lowest BCUT2D eigenvalue weighted by atomic mass is 9.69. The van der Waals surface area contributed by atoms with E-state index >= 15 is 0 Å². The number of hydrogen-bond acceptors (Lipinski definition) is 5. The van der Waals surface area contributed by atoms with Gasteiger partial charge in [0.25, 0.3) is 0 Å². The van der Waals surface area contributed by atoms with Crippen molar-refractivity contribution in [3.05, 3.63) is 124 Å². The van der Waals surface area contributed by atoms with Crippen LogP contribution in [0.2, 0.25) is 0 Å². The highest BCUT2D eigenvalue weighted by molar-refractivity contribution is 6.06. The van der Waals surface area contributed by atoms with Gasteiger partial charge < -0.3 is 19.1 Å². The maximum Gasteiger partial charge on any atom is 0.163 e. The van der Waals surface area contributed by atoms with Crippen molar-refractivity contribution in [2.45, 2.75) is 43.4 Å². The van der Waals surface area contributed by atoms with E-state index < -0.39 is 5.92 Å². The zero-order valence-electron chi connectivity index (χ0n) is 24.4. The molecule has 1 fully saturated rings. The van der Waals surface area contributed by atoms with Gasteiger partial charge in [0.1, 0.15) is 43.5 Å². The Bertz CT molecular complexity index is 1450.